The fourth-order valence-corrected chi connectivity index (χ4v) is 8.96. The molecule has 4 unspecified atom stereocenters. The molecular weight excluding hydrogens is 1400 g/mol. The summed E-state index contributed by atoms with van der Waals surface area (Å²) in [6, 6.07) is 0. The zero-order valence-electron chi connectivity index (χ0n) is 58.1. The Morgan fingerprint density at radius 3 is 0.676 bits per heavy atom. The zero-order valence-corrected chi connectivity index (χ0v) is 58.1. The summed E-state index contributed by atoms with van der Waals surface area (Å²) in [4.78, 5) is 253. The second-order valence-corrected chi connectivity index (χ2v) is 23.1. The van der Waals surface area contributed by atoms with Gasteiger partial charge in [0.15, 0.2) is 24.4 Å². The average Bonchev–Trinajstić information content (AvgIpc) is 1.85. The second kappa shape index (κ2) is 45.9. The first-order valence-corrected chi connectivity index (χ1v) is 32.9. The average molecular weight is 1490 g/mol. The number of esters is 8. The van der Waals surface area contributed by atoms with Gasteiger partial charge < -0.3 is 78.1 Å². The van der Waals surface area contributed by atoms with Gasteiger partial charge in [0.05, 0.1) is 26.4 Å². The van der Waals surface area contributed by atoms with Crippen LogP contribution in [0.2, 0.25) is 0 Å². The maximum absolute atomic E-state index is 13.6. The number of imide groups is 4. The van der Waals surface area contributed by atoms with Gasteiger partial charge in [-0.15, -0.1) is 0 Å². The molecule has 0 saturated heterocycles. The van der Waals surface area contributed by atoms with Crippen LogP contribution < -0.4 is 21.3 Å². The van der Waals surface area contributed by atoms with Gasteiger partial charge in [0.1, 0.15) is 58.3 Å². The minimum atomic E-state index is -2.25. The van der Waals surface area contributed by atoms with Gasteiger partial charge in [-0.25, -0.2) is 38.4 Å². The Hall–Kier alpha value is -11.0. The number of nitrogens with one attached hydrogen (secondary N) is 4. The van der Waals surface area contributed by atoms with Crippen LogP contribution in [0.5, 0.6) is 0 Å². The fourth-order valence-electron chi connectivity index (χ4n) is 8.96. The van der Waals surface area contributed by atoms with Gasteiger partial charge in [0.2, 0.25) is 23.6 Å². The number of rotatable bonds is 52. The maximum atomic E-state index is 13.6. The van der Waals surface area contributed by atoms with E-state index in [1.54, 1.807) is 0 Å². The Balaban J connectivity index is 1.40. The Morgan fingerprint density at radius 1 is 0.314 bits per heavy atom. The Labute approximate surface area is 599 Å². The predicted octanol–water partition coefficient (Wildman–Crippen LogP) is -4.78. The summed E-state index contributed by atoms with van der Waals surface area (Å²) in [6.45, 7) is -4.44. The number of hydrogen-bond donors (Lipinski definition) is 4. The molecule has 0 aliphatic carbocycles. The standard InChI is InChI=1S/C65H84N8O32/c1-41(102-57(86)33-94-29-21-66-45(74)9-5-25-70-49(78)13-14-50(70)79)61(90)98-37-65(38-99-62(91)42(2)103-58(87)34-95-30-22-67-46(75)10-6-26-71-51(80)15-16-52(71)81,39-100-63(92)43(3)104-59(88)35-96-31-23-68-47(76)11-7-27-72-53(82)17-18-54(72)83)40-101-64(93)44(4)105-60(89)36-97-32-24-69-48(77)12-8-28-73-55(84)19-20-56(73)85/h13-20,41-44H,5-12,21-40H2,1-4H3,(H,66,74)(H,67,75)(H,68,76)(H,69,77). The first kappa shape index (κ1) is 86.4. The van der Waals surface area contributed by atoms with Crippen LogP contribution in [0.1, 0.15) is 79.1 Å². The number of carbonyl (C=O) groups is 20. The molecule has 0 aromatic heterocycles. The van der Waals surface area contributed by atoms with Crippen LogP contribution >= 0.6 is 0 Å². The van der Waals surface area contributed by atoms with Crippen LogP contribution in [-0.4, -0.2) is 294 Å². The van der Waals surface area contributed by atoms with E-state index in [-0.39, 0.29) is 130 Å². The molecule has 105 heavy (non-hydrogen) atoms. The van der Waals surface area contributed by atoms with Crippen molar-refractivity contribution in [2.75, 3.05) is 132 Å². The lowest BCUT2D eigenvalue weighted by molar-refractivity contribution is -0.189. The summed E-state index contributed by atoms with van der Waals surface area (Å²) in [5.41, 5.74) is -2.25. The van der Waals surface area contributed by atoms with E-state index in [1.807, 2.05) is 0 Å². The molecular formula is C65H84N8O32. The fraction of sp³-hybridized carbons (Fsp3) is 0.569. The lowest BCUT2D eigenvalue weighted by atomic mass is 9.92. The van der Waals surface area contributed by atoms with Gasteiger partial charge in [0, 0.05) is 127 Å². The van der Waals surface area contributed by atoms with E-state index in [4.69, 9.17) is 56.8 Å². The first-order valence-electron chi connectivity index (χ1n) is 32.9. The third kappa shape index (κ3) is 32.9. The van der Waals surface area contributed by atoms with E-state index < -0.39 is 201 Å². The highest BCUT2D eigenvalue weighted by atomic mass is 16.6. The summed E-state index contributed by atoms with van der Waals surface area (Å²) >= 11 is 0. The number of hydrogen-bond acceptors (Lipinski definition) is 32. The quantitative estimate of drug-likeness (QED) is 0.0192. The monoisotopic (exact) mass is 1490 g/mol. The molecule has 0 saturated carbocycles. The molecule has 40 nitrogen and oxygen atoms in total. The normalized spacial score (nSPS) is 15.4. The molecule has 4 aliphatic heterocycles. The molecule has 0 radical (unpaired) electrons. The highest BCUT2D eigenvalue weighted by molar-refractivity contribution is 6.14. The smallest absolute Gasteiger partial charge is 0.347 e. The minimum Gasteiger partial charge on any atom is -0.462 e. The van der Waals surface area contributed by atoms with Crippen molar-refractivity contribution in [1.29, 1.82) is 0 Å². The largest absolute Gasteiger partial charge is 0.462 e. The lowest BCUT2D eigenvalue weighted by Gasteiger charge is -2.32. The third-order valence-electron chi connectivity index (χ3n) is 14.5. The number of carbonyl (C=O) groups excluding carboxylic acids is 20. The molecule has 0 spiro atoms. The van der Waals surface area contributed by atoms with Crippen molar-refractivity contribution in [3.05, 3.63) is 48.6 Å². The van der Waals surface area contributed by atoms with Crippen LogP contribution in [0.4, 0.5) is 0 Å². The van der Waals surface area contributed by atoms with Crippen molar-refractivity contribution in [3.63, 3.8) is 0 Å². The number of amides is 12. The van der Waals surface area contributed by atoms with Gasteiger partial charge in [-0.05, 0) is 53.4 Å². The highest BCUT2D eigenvalue weighted by Crippen LogP contribution is 2.24. The molecule has 0 aromatic carbocycles. The van der Waals surface area contributed by atoms with Gasteiger partial charge in [-0.2, -0.15) is 0 Å². The molecule has 4 aliphatic rings. The van der Waals surface area contributed by atoms with Crippen molar-refractivity contribution in [2.45, 2.75) is 103 Å². The van der Waals surface area contributed by atoms with Crippen LogP contribution in [0, 0.1) is 5.41 Å². The molecule has 40 heteroatoms. The van der Waals surface area contributed by atoms with Gasteiger partial charge in [-0.3, -0.25) is 77.1 Å². The van der Waals surface area contributed by atoms with Crippen LogP contribution in [0.25, 0.3) is 0 Å². The summed E-state index contributed by atoms with van der Waals surface area (Å²) < 4.78 is 63.4. The predicted molar refractivity (Wildman–Crippen MR) is 344 cm³/mol. The van der Waals surface area contributed by atoms with E-state index in [1.165, 1.54) is 0 Å². The number of ether oxygens (including phenoxy) is 12. The van der Waals surface area contributed by atoms with E-state index in [2.05, 4.69) is 21.3 Å². The summed E-state index contributed by atoms with van der Waals surface area (Å²) in [7, 11) is 0. The van der Waals surface area contributed by atoms with Gasteiger partial charge in [-0.1, -0.05) is 0 Å². The maximum Gasteiger partial charge on any atom is 0.347 e. The summed E-state index contributed by atoms with van der Waals surface area (Å²) in [6.07, 6.45) is 2.20. The molecule has 4 N–H and O–H groups in total. The zero-order chi connectivity index (χ0) is 77.4. The molecule has 4 heterocycles. The lowest BCUT2D eigenvalue weighted by Crippen LogP contribution is -2.47. The van der Waals surface area contributed by atoms with Crippen molar-refractivity contribution in [3.8, 4) is 0 Å². The van der Waals surface area contributed by atoms with Crippen molar-refractivity contribution < 1.29 is 153 Å². The van der Waals surface area contributed by atoms with Crippen molar-refractivity contribution >= 4 is 119 Å². The summed E-state index contributed by atoms with van der Waals surface area (Å²) in [5, 5.41) is 10.1. The minimum absolute atomic E-state index is 0.00512. The SMILES string of the molecule is CC(OC(=O)COCCNC(=O)CCCN1C(=O)C=CC1=O)C(=O)OCC(COC(=O)C(C)OC(=O)COCCNC(=O)CCCN1C(=O)C=CC1=O)(COC(=O)C(C)OC(=O)COCCNC(=O)CCCN1C(=O)C=CC1=O)COC(=O)C(C)OC(=O)COCCNC(=O)CCCN1C(=O)C=CC1=O. The topological polar surface area (TPSA) is 513 Å². The van der Waals surface area contributed by atoms with Crippen LogP contribution in [-0.2, 0) is 153 Å². The summed E-state index contributed by atoms with van der Waals surface area (Å²) in [5.74, 6) is -15.7. The molecule has 0 bridgehead atoms. The Kier molecular flexibility index (Phi) is 37.7. The van der Waals surface area contributed by atoms with Crippen molar-refractivity contribution in [1.82, 2.24) is 40.9 Å². The Bertz CT molecular complexity index is 2840. The number of nitrogens with zero attached hydrogens (tertiary/aromatic N) is 4. The third-order valence-corrected chi connectivity index (χ3v) is 14.5. The molecule has 0 fully saturated rings. The van der Waals surface area contributed by atoms with E-state index >= 15 is 0 Å². The van der Waals surface area contributed by atoms with Gasteiger partial charge in [0.25, 0.3) is 47.3 Å². The molecule has 12 amide bonds. The van der Waals surface area contributed by atoms with Crippen LogP contribution in [0.3, 0.4) is 0 Å². The van der Waals surface area contributed by atoms with E-state index in [9.17, 15) is 95.9 Å². The van der Waals surface area contributed by atoms with E-state index in [0.29, 0.717) is 0 Å². The molecule has 0 aromatic rings. The van der Waals surface area contributed by atoms with Crippen molar-refractivity contribution in [2.24, 2.45) is 5.41 Å². The second-order valence-electron chi connectivity index (χ2n) is 23.1. The molecule has 4 atom stereocenters. The van der Waals surface area contributed by atoms with Crippen LogP contribution in [0.15, 0.2) is 48.6 Å². The first-order chi connectivity index (χ1) is 50.0. The van der Waals surface area contributed by atoms with Gasteiger partial charge >= 0.3 is 47.8 Å². The van der Waals surface area contributed by atoms with E-state index in [0.717, 1.165) is 95.9 Å². The molecule has 4 rings (SSSR count). The molecule has 576 valence electrons. The Morgan fingerprint density at radius 2 is 0.495 bits per heavy atom. The highest BCUT2D eigenvalue weighted by Gasteiger charge is 2.41.